The van der Waals surface area contributed by atoms with Crippen LogP contribution in [-0.2, 0) is 9.05 Å². The summed E-state index contributed by atoms with van der Waals surface area (Å²) in [5, 5.41) is 2.84. The van der Waals surface area contributed by atoms with E-state index in [0.717, 1.165) is 37.8 Å². The van der Waals surface area contributed by atoms with Gasteiger partial charge in [0.2, 0.25) is 0 Å². The molecule has 1 aliphatic rings. The van der Waals surface area contributed by atoms with Crippen LogP contribution >= 0.6 is 26.6 Å². The summed E-state index contributed by atoms with van der Waals surface area (Å²) in [7, 11) is 1.10. The molecule has 0 heterocycles. The number of amides is 1. The topological polar surface area (TPSA) is 63.2 Å². The Morgan fingerprint density at radius 2 is 1.95 bits per heavy atom. The van der Waals surface area contributed by atoms with Gasteiger partial charge in [0, 0.05) is 21.8 Å². The summed E-state index contributed by atoms with van der Waals surface area (Å²) in [6, 6.07) is 2.06. The van der Waals surface area contributed by atoms with E-state index in [1.54, 1.807) is 0 Å². The van der Waals surface area contributed by atoms with Gasteiger partial charge in [-0.05, 0) is 47.8 Å². The molecule has 0 aliphatic heterocycles. The van der Waals surface area contributed by atoms with Crippen LogP contribution in [0.15, 0.2) is 21.5 Å². The minimum Gasteiger partial charge on any atom is -0.347 e. The lowest BCUT2D eigenvalue weighted by molar-refractivity contribution is 0.0907. The molecule has 0 bridgehead atoms. The number of hydrogen-bond donors (Lipinski definition) is 1. The highest BCUT2D eigenvalue weighted by molar-refractivity contribution is 9.10. The molecule has 1 saturated carbocycles. The monoisotopic (exact) mass is 397 g/mol. The van der Waals surface area contributed by atoms with Gasteiger partial charge in [0.05, 0.1) is 4.47 Å². The number of carbonyl (C=O) groups is 1. The largest absolute Gasteiger partial charge is 0.347 e. The van der Waals surface area contributed by atoms with Crippen molar-refractivity contribution in [1.29, 1.82) is 0 Å². The summed E-state index contributed by atoms with van der Waals surface area (Å²) in [6.45, 7) is 1.92. The second-order valence-corrected chi connectivity index (χ2v) is 8.76. The first-order chi connectivity index (χ1) is 9.62. The summed E-state index contributed by atoms with van der Waals surface area (Å²) < 4.78 is 36.4. The average molecular weight is 399 g/mol. The zero-order chi connectivity index (χ0) is 15.8. The predicted octanol–water partition coefficient (Wildman–Crippen LogP) is 3.58. The van der Waals surface area contributed by atoms with Crippen LogP contribution in [0.5, 0.6) is 0 Å². The van der Waals surface area contributed by atoms with Crippen LogP contribution in [0.3, 0.4) is 0 Å². The number of rotatable bonds is 3. The molecule has 1 amide bonds. The molecule has 4 nitrogen and oxygen atoms in total. The molecule has 0 spiro atoms. The van der Waals surface area contributed by atoms with Gasteiger partial charge >= 0.3 is 0 Å². The van der Waals surface area contributed by atoms with Gasteiger partial charge in [0.25, 0.3) is 15.0 Å². The second-order valence-electron chi connectivity index (χ2n) is 5.43. The minimum absolute atomic E-state index is 0.0666. The normalized spacial score (nSPS) is 17.7. The van der Waals surface area contributed by atoms with E-state index in [1.807, 2.05) is 6.92 Å². The average Bonchev–Trinajstić information content (AvgIpc) is 2.77. The summed E-state index contributed by atoms with van der Waals surface area (Å²) in [5.41, 5.74) is -0.399. The van der Waals surface area contributed by atoms with E-state index in [9.17, 15) is 17.6 Å². The Morgan fingerprint density at radius 3 is 2.48 bits per heavy atom. The lowest BCUT2D eigenvalue weighted by Crippen LogP contribution is -2.43. The smallest absolute Gasteiger partial charge is 0.262 e. The minimum atomic E-state index is -4.15. The highest BCUT2D eigenvalue weighted by atomic mass is 79.9. The molecule has 8 heteroatoms. The fourth-order valence-electron chi connectivity index (χ4n) is 2.50. The van der Waals surface area contributed by atoms with Gasteiger partial charge < -0.3 is 5.32 Å². The van der Waals surface area contributed by atoms with E-state index in [4.69, 9.17) is 10.7 Å². The lowest BCUT2D eigenvalue weighted by atomic mass is 10.00. The standard InChI is InChI=1S/C13H14BrClFNO3S/c1-13(4-2-3-5-13)17-12(18)8-6-9(16)11(14)10(7-8)21(15,19)20/h6-7H,2-5H2,1H3,(H,17,18). The van der Waals surface area contributed by atoms with Gasteiger partial charge in [0.15, 0.2) is 0 Å². The number of halogens is 3. The van der Waals surface area contributed by atoms with E-state index in [0.29, 0.717) is 0 Å². The number of benzene rings is 1. The van der Waals surface area contributed by atoms with Crippen LogP contribution in [0, 0.1) is 5.82 Å². The van der Waals surface area contributed by atoms with Crippen molar-refractivity contribution in [3.63, 3.8) is 0 Å². The van der Waals surface area contributed by atoms with Crippen molar-refractivity contribution in [3.05, 3.63) is 28.0 Å². The van der Waals surface area contributed by atoms with Crippen molar-refractivity contribution in [3.8, 4) is 0 Å². The summed E-state index contributed by atoms with van der Waals surface area (Å²) in [5.74, 6) is -1.36. The zero-order valence-electron chi connectivity index (χ0n) is 11.3. The Balaban J connectivity index is 2.36. The molecule has 0 radical (unpaired) electrons. The third-order valence-electron chi connectivity index (χ3n) is 3.64. The SMILES string of the molecule is CC1(NC(=O)c2cc(F)c(Br)c(S(=O)(=O)Cl)c2)CCCC1. The molecule has 21 heavy (non-hydrogen) atoms. The summed E-state index contributed by atoms with van der Waals surface area (Å²) >= 11 is 2.83. The number of carbonyl (C=O) groups excluding carboxylic acids is 1. The maximum absolute atomic E-state index is 13.8. The van der Waals surface area contributed by atoms with E-state index in [-0.39, 0.29) is 15.6 Å². The molecule has 0 unspecified atom stereocenters. The van der Waals surface area contributed by atoms with Gasteiger partial charge in [-0.2, -0.15) is 0 Å². The summed E-state index contributed by atoms with van der Waals surface area (Å²) in [6.07, 6.45) is 3.73. The second kappa shape index (κ2) is 5.85. The van der Waals surface area contributed by atoms with Crippen LogP contribution in [0.25, 0.3) is 0 Å². The van der Waals surface area contributed by atoms with Gasteiger partial charge in [0.1, 0.15) is 10.7 Å². The highest BCUT2D eigenvalue weighted by Crippen LogP contribution is 2.31. The molecule has 0 atom stereocenters. The predicted molar refractivity (Wildman–Crippen MR) is 81.5 cm³/mol. The van der Waals surface area contributed by atoms with E-state index < -0.39 is 25.7 Å². The van der Waals surface area contributed by atoms with Gasteiger partial charge in [-0.25, -0.2) is 12.8 Å². The van der Waals surface area contributed by atoms with E-state index in [1.165, 1.54) is 0 Å². The van der Waals surface area contributed by atoms with Crippen LogP contribution in [0.4, 0.5) is 4.39 Å². The lowest BCUT2D eigenvalue weighted by Gasteiger charge is -2.25. The Hall–Kier alpha value is -0.660. The van der Waals surface area contributed by atoms with Crippen LogP contribution in [-0.4, -0.2) is 19.9 Å². The molecule has 1 aliphatic carbocycles. The highest BCUT2D eigenvalue weighted by Gasteiger charge is 2.31. The third kappa shape index (κ3) is 3.76. The molecule has 1 fully saturated rings. The Bertz CT molecular complexity index is 687. The molecule has 1 aromatic carbocycles. The van der Waals surface area contributed by atoms with E-state index >= 15 is 0 Å². The van der Waals surface area contributed by atoms with Crippen molar-refractivity contribution < 1.29 is 17.6 Å². The first-order valence-corrected chi connectivity index (χ1v) is 9.49. The molecule has 1 N–H and O–H groups in total. The van der Waals surface area contributed by atoms with Crippen molar-refractivity contribution >= 4 is 41.6 Å². The van der Waals surface area contributed by atoms with Crippen LogP contribution in [0.2, 0.25) is 0 Å². The van der Waals surface area contributed by atoms with Crippen LogP contribution in [0.1, 0.15) is 43.0 Å². The molecule has 116 valence electrons. The van der Waals surface area contributed by atoms with Crippen molar-refractivity contribution in [2.24, 2.45) is 0 Å². The van der Waals surface area contributed by atoms with Gasteiger partial charge in [-0.1, -0.05) is 12.8 Å². The van der Waals surface area contributed by atoms with Crippen LogP contribution < -0.4 is 5.32 Å². The number of hydrogen-bond acceptors (Lipinski definition) is 3. The van der Waals surface area contributed by atoms with Crippen molar-refractivity contribution in [2.75, 3.05) is 0 Å². The molecule has 1 aromatic rings. The zero-order valence-corrected chi connectivity index (χ0v) is 14.4. The maximum atomic E-state index is 13.8. The Kier molecular flexibility index (Phi) is 4.66. The Morgan fingerprint density at radius 1 is 1.38 bits per heavy atom. The Labute approximate surface area is 135 Å². The first kappa shape index (κ1) is 16.7. The molecular weight excluding hydrogens is 385 g/mol. The molecule has 0 saturated heterocycles. The van der Waals surface area contributed by atoms with Crippen molar-refractivity contribution in [1.82, 2.24) is 5.32 Å². The number of nitrogens with one attached hydrogen (secondary N) is 1. The molecule has 0 aromatic heterocycles. The van der Waals surface area contributed by atoms with Gasteiger partial charge in [-0.3, -0.25) is 4.79 Å². The van der Waals surface area contributed by atoms with Gasteiger partial charge in [-0.15, -0.1) is 0 Å². The molecular formula is C13H14BrClFNO3S. The quantitative estimate of drug-likeness (QED) is 0.792. The first-order valence-electron chi connectivity index (χ1n) is 6.39. The fraction of sp³-hybridized carbons (Fsp3) is 0.462. The van der Waals surface area contributed by atoms with Crippen molar-refractivity contribution in [2.45, 2.75) is 43.0 Å². The molecule has 2 rings (SSSR count). The third-order valence-corrected chi connectivity index (χ3v) is 6.06. The maximum Gasteiger partial charge on any atom is 0.262 e. The summed E-state index contributed by atoms with van der Waals surface area (Å²) in [4.78, 5) is 11.8. The van der Waals surface area contributed by atoms with E-state index in [2.05, 4.69) is 21.2 Å². The fourth-order valence-corrected chi connectivity index (χ4v) is 4.59.